The smallest absolute Gasteiger partial charge is 0.257 e. The summed E-state index contributed by atoms with van der Waals surface area (Å²) in [5, 5.41) is 5.10. The van der Waals surface area contributed by atoms with Gasteiger partial charge in [-0.3, -0.25) is 4.79 Å². The van der Waals surface area contributed by atoms with E-state index in [1.54, 1.807) is 0 Å². The molecule has 1 amide bonds. The van der Waals surface area contributed by atoms with Crippen molar-refractivity contribution in [2.45, 2.75) is 25.4 Å². The second-order valence-corrected chi connectivity index (χ2v) is 6.21. The predicted octanol–water partition coefficient (Wildman–Crippen LogP) is 2.92. The Kier molecular flexibility index (Phi) is 6.65. The first kappa shape index (κ1) is 17.7. The lowest BCUT2D eigenvalue weighted by Gasteiger charge is -2.11. The number of ether oxygens (including phenoxy) is 3. The molecular weight excluding hydrogens is 318 g/mol. The number of amides is 1. The third-order valence-electron chi connectivity index (χ3n) is 4.21. The number of carbonyl (C=O) groups excluding carboxylic acids is 1. The van der Waals surface area contributed by atoms with E-state index >= 15 is 0 Å². The molecule has 0 saturated carbocycles. The van der Waals surface area contributed by atoms with Crippen LogP contribution in [0.3, 0.4) is 0 Å². The Labute approximate surface area is 148 Å². The highest BCUT2D eigenvalue weighted by Gasteiger charge is 2.14. The maximum Gasteiger partial charge on any atom is 0.257 e. The molecule has 1 fully saturated rings. The van der Waals surface area contributed by atoms with Crippen LogP contribution in [0.15, 0.2) is 42.5 Å². The third kappa shape index (κ3) is 5.73. The third-order valence-corrected chi connectivity index (χ3v) is 4.21. The molecule has 0 aromatic heterocycles. The van der Waals surface area contributed by atoms with E-state index in [1.165, 1.54) is 0 Å². The summed E-state index contributed by atoms with van der Waals surface area (Å²) in [6, 6.07) is 13.9. The standard InChI is InChI=1S/C20H25NO4/c22-20(21-10-4-11-23-14-19-7-3-12-24-19)15-25-18-9-8-16-5-1-2-6-17(16)13-18/h1-2,5-6,8-9,13,19H,3-4,7,10-12,14-15H2,(H,21,22). The number of rotatable bonds is 9. The van der Waals surface area contributed by atoms with E-state index in [0.29, 0.717) is 25.5 Å². The van der Waals surface area contributed by atoms with Gasteiger partial charge in [-0.15, -0.1) is 0 Å². The van der Waals surface area contributed by atoms with Crippen molar-refractivity contribution in [1.82, 2.24) is 5.32 Å². The summed E-state index contributed by atoms with van der Waals surface area (Å²) in [6.07, 6.45) is 3.25. The van der Waals surface area contributed by atoms with Crippen molar-refractivity contribution in [3.8, 4) is 5.75 Å². The Morgan fingerprint density at radius 3 is 2.92 bits per heavy atom. The van der Waals surface area contributed by atoms with E-state index in [9.17, 15) is 4.79 Å². The molecule has 5 nitrogen and oxygen atoms in total. The molecule has 1 N–H and O–H groups in total. The van der Waals surface area contributed by atoms with Gasteiger partial charge in [0.05, 0.1) is 12.7 Å². The zero-order valence-corrected chi connectivity index (χ0v) is 14.4. The van der Waals surface area contributed by atoms with E-state index in [2.05, 4.69) is 5.32 Å². The second kappa shape index (κ2) is 9.39. The first-order valence-corrected chi connectivity index (χ1v) is 8.89. The van der Waals surface area contributed by atoms with Gasteiger partial charge < -0.3 is 19.5 Å². The van der Waals surface area contributed by atoms with Crippen molar-refractivity contribution in [3.63, 3.8) is 0 Å². The van der Waals surface area contributed by atoms with Crippen molar-refractivity contribution in [1.29, 1.82) is 0 Å². The number of benzene rings is 2. The largest absolute Gasteiger partial charge is 0.484 e. The van der Waals surface area contributed by atoms with Gasteiger partial charge in [0.2, 0.25) is 0 Å². The highest BCUT2D eigenvalue weighted by molar-refractivity contribution is 5.84. The fraction of sp³-hybridized carbons (Fsp3) is 0.450. The maximum atomic E-state index is 11.8. The van der Waals surface area contributed by atoms with Gasteiger partial charge in [0.1, 0.15) is 5.75 Å². The highest BCUT2D eigenvalue weighted by atomic mass is 16.5. The lowest BCUT2D eigenvalue weighted by atomic mass is 10.1. The molecule has 2 aromatic carbocycles. The number of hydrogen-bond donors (Lipinski definition) is 1. The fourth-order valence-corrected chi connectivity index (χ4v) is 2.85. The van der Waals surface area contributed by atoms with Gasteiger partial charge in [0, 0.05) is 19.8 Å². The Morgan fingerprint density at radius 1 is 1.20 bits per heavy atom. The van der Waals surface area contributed by atoms with Gasteiger partial charge in [-0.25, -0.2) is 0 Å². The zero-order chi connectivity index (χ0) is 17.3. The first-order valence-electron chi connectivity index (χ1n) is 8.89. The van der Waals surface area contributed by atoms with E-state index < -0.39 is 0 Å². The molecule has 0 radical (unpaired) electrons. The van der Waals surface area contributed by atoms with Crippen molar-refractivity contribution in [2.24, 2.45) is 0 Å². The van der Waals surface area contributed by atoms with E-state index in [-0.39, 0.29) is 18.6 Å². The van der Waals surface area contributed by atoms with Crippen molar-refractivity contribution in [2.75, 3.05) is 33.0 Å². The van der Waals surface area contributed by atoms with Crippen LogP contribution in [0.25, 0.3) is 10.8 Å². The van der Waals surface area contributed by atoms with Gasteiger partial charge in [-0.2, -0.15) is 0 Å². The Balaban J connectivity index is 1.28. The minimum absolute atomic E-state index is 0.0229. The van der Waals surface area contributed by atoms with Crippen LogP contribution in [-0.4, -0.2) is 45.0 Å². The van der Waals surface area contributed by atoms with Crippen molar-refractivity contribution < 1.29 is 19.0 Å². The zero-order valence-electron chi connectivity index (χ0n) is 14.4. The van der Waals surface area contributed by atoms with Crippen molar-refractivity contribution >= 4 is 16.7 Å². The molecule has 2 aromatic rings. The summed E-state index contributed by atoms with van der Waals surface area (Å²) in [5.74, 6) is 0.584. The number of fused-ring (bicyclic) bond motifs is 1. The fourth-order valence-electron chi connectivity index (χ4n) is 2.85. The highest BCUT2D eigenvalue weighted by Crippen LogP contribution is 2.20. The molecule has 1 atom stereocenters. The lowest BCUT2D eigenvalue weighted by Crippen LogP contribution is -2.30. The van der Waals surface area contributed by atoms with Crippen LogP contribution in [0.5, 0.6) is 5.75 Å². The minimum Gasteiger partial charge on any atom is -0.484 e. The minimum atomic E-state index is -0.118. The summed E-state index contributed by atoms with van der Waals surface area (Å²) < 4.78 is 16.6. The molecule has 1 aliphatic heterocycles. The summed E-state index contributed by atoms with van der Waals surface area (Å²) in [7, 11) is 0. The average Bonchev–Trinajstić information content (AvgIpc) is 3.16. The molecule has 1 heterocycles. The SMILES string of the molecule is O=C(COc1ccc2ccccc2c1)NCCCOCC1CCCO1. The van der Waals surface area contributed by atoms with Crippen LogP contribution in [0.1, 0.15) is 19.3 Å². The second-order valence-electron chi connectivity index (χ2n) is 6.21. The van der Waals surface area contributed by atoms with Crippen LogP contribution in [0.2, 0.25) is 0 Å². The molecule has 1 unspecified atom stereocenters. The van der Waals surface area contributed by atoms with Crippen LogP contribution < -0.4 is 10.1 Å². The summed E-state index contributed by atoms with van der Waals surface area (Å²) >= 11 is 0. The Bertz CT molecular complexity index is 682. The molecule has 134 valence electrons. The number of nitrogens with one attached hydrogen (secondary N) is 1. The van der Waals surface area contributed by atoms with Crippen LogP contribution in [0.4, 0.5) is 0 Å². The topological polar surface area (TPSA) is 56.8 Å². The molecule has 0 spiro atoms. The maximum absolute atomic E-state index is 11.8. The van der Waals surface area contributed by atoms with Crippen LogP contribution >= 0.6 is 0 Å². The summed E-state index contributed by atoms with van der Waals surface area (Å²) in [4.78, 5) is 11.8. The molecular formula is C20H25NO4. The molecule has 3 rings (SSSR count). The normalized spacial score (nSPS) is 16.9. The molecule has 0 bridgehead atoms. The van der Waals surface area contributed by atoms with E-state index in [0.717, 1.165) is 36.6 Å². The Morgan fingerprint density at radius 2 is 2.08 bits per heavy atom. The van der Waals surface area contributed by atoms with Gasteiger partial charge in [0.25, 0.3) is 5.91 Å². The molecule has 0 aliphatic carbocycles. The predicted molar refractivity (Wildman–Crippen MR) is 96.9 cm³/mol. The quantitative estimate of drug-likeness (QED) is 0.711. The lowest BCUT2D eigenvalue weighted by molar-refractivity contribution is -0.123. The molecule has 1 saturated heterocycles. The van der Waals surface area contributed by atoms with Gasteiger partial charge in [0.15, 0.2) is 6.61 Å². The summed E-state index contributed by atoms with van der Waals surface area (Å²) in [5.41, 5.74) is 0. The van der Waals surface area contributed by atoms with E-state index in [1.807, 2.05) is 42.5 Å². The van der Waals surface area contributed by atoms with E-state index in [4.69, 9.17) is 14.2 Å². The Hall–Kier alpha value is -2.11. The average molecular weight is 343 g/mol. The number of hydrogen-bond acceptors (Lipinski definition) is 4. The van der Waals surface area contributed by atoms with Crippen LogP contribution in [0, 0.1) is 0 Å². The van der Waals surface area contributed by atoms with Gasteiger partial charge in [-0.1, -0.05) is 30.3 Å². The van der Waals surface area contributed by atoms with Gasteiger partial charge >= 0.3 is 0 Å². The summed E-state index contributed by atoms with van der Waals surface area (Å²) in [6.45, 7) is 2.74. The first-order chi connectivity index (χ1) is 12.3. The van der Waals surface area contributed by atoms with Crippen molar-refractivity contribution in [3.05, 3.63) is 42.5 Å². The monoisotopic (exact) mass is 343 g/mol. The molecule has 5 heteroatoms. The molecule has 25 heavy (non-hydrogen) atoms. The number of carbonyl (C=O) groups is 1. The molecule has 1 aliphatic rings. The van der Waals surface area contributed by atoms with Gasteiger partial charge in [-0.05, 0) is 42.2 Å². The van der Waals surface area contributed by atoms with Crippen LogP contribution in [-0.2, 0) is 14.3 Å².